The summed E-state index contributed by atoms with van der Waals surface area (Å²) < 4.78 is 1.55. The summed E-state index contributed by atoms with van der Waals surface area (Å²) in [5, 5.41) is 7.97. The standard InChI is InChI=1S/C21H19N5O/c1-13-11-14(18-7-4-15-12-16(22)5-8-19(15)24-18)3-6-17(13)25-21(27)20-9-10-23-26(20)2/h3-12H,22H2,1-2H3,(H,25,27). The maximum atomic E-state index is 12.4. The van der Waals surface area contributed by atoms with Gasteiger partial charge < -0.3 is 11.1 Å². The van der Waals surface area contributed by atoms with Gasteiger partial charge in [0.2, 0.25) is 0 Å². The summed E-state index contributed by atoms with van der Waals surface area (Å²) in [6, 6.07) is 17.2. The van der Waals surface area contributed by atoms with Gasteiger partial charge in [-0.05, 0) is 55.0 Å². The molecule has 2 aromatic heterocycles. The number of hydrogen-bond acceptors (Lipinski definition) is 4. The maximum Gasteiger partial charge on any atom is 0.273 e. The van der Waals surface area contributed by atoms with E-state index >= 15 is 0 Å². The second kappa shape index (κ2) is 6.57. The predicted molar refractivity (Wildman–Crippen MR) is 107 cm³/mol. The van der Waals surface area contributed by atoms with Crippen LogP contribution in [0.4, 0.5) is 11.4 Å². The fraction of sp³-hybridized carbons (Fsp3) is 0.0952. The highest BCUT2D eigenvalue weighted by atomic mass is 16.2. The molecule has 0 fully saturated rings. The van der Waals surface area contributed by atoms with E-state index in [4.69, 9.17) is 10.7 Å². The largest absolute Gasteiger partial charge is 0.399 e. The number of amides is 1. The highest BCUT2D eigenvalue weighted by Crippen LogP contribution is 2.26. The van der Waals surface area contributed by atoms with Gasteiger partial charge in [0.15, 0.2) is 0 Å². The van der Waals surface area contributed by atoms with Crippen LogP contribution in [0, 0.1) is 6.92 Å². The van der Waals surface area contributed by atoms with Crippen LogP contribution >= 0.6 is 0 Å². The lowest BCUT2D eigenvalue weighted by Crippen LogP contribution is -2.16. The van der Waals surface area contributed by atoms with E-state index in [-0.39, 0.29) is 5.91 Å². The molecule has 0 unspecified atom stereocenters. The topological polar surface area (TPSA) is 85.8 Å². The molecular weight excluding hydrogens is 338 g/mol. The quantitative estimate of drug-likeness (QED) is 0.546. The Kier molecular flexibility index (Phi) is 4.08. The molecular formula is C21H19N5O. The lowest BCUT2D eigenvalue weighted by Gasteiger charge is -2.11. The molecule has 0 saturated carbocycles. The SMILES string of the molecule is Cc1cc(-c2ccc3cc(N)ccc3n2)ccc1NC(=O)c1ccnn1C. The molecule has 6 nitrogen and oxygen atoms in total. The Labute approximate surface area is 156 Å². The van der Waals surface area contributed by atoms with Crippen molar-refractivity contribution in [2.75, 3.05) is 11.1 Å². The zero-order chi connectivity index (χ0) is 19.0. The third kappa shape index (κ3) is 3.25. The first-order valence-corrected chi connectivity index (χ1v) is 8.58. The Morgan fingerprint density at radius 1 is 1.07 bits per heavy atom. The molecule has 1 amide bonds. The number of nitrogens with zero attached hydrogens (tertiary/aromatic N) is 3. The monoisotopic (exact) mass is 357 g/mol. The van der Waals surface area contributed by atoms with Crippen LogP contribution in [0.15, 0.2) is 60.8 Å². The summed E-state index contributed by atoms with van der Waals surface area (Å²) in [5.41, 5.74) is 11.5. The first-order valence-electron chi connectivity index (χ1n) is 8.58. The van der Waals surface area contributed by atoms with Crippen molar-refractivity contribution in [3.63, 3.8) is 0 Å². The van der Waals surface area contributed by atoms with E-state index in [2.05, 4.69) is 10.4 Å². The average Bonchev–Trinajstić information content (AvgIpc) is 3.09. The van der Waals surface area contributed by atoms with E-state index in [9.17, 15) is 4.79 Å². The van der Waals surface area contributed by atoms with Crippen LogP contribution in [0.1, 0.15) is 16.1 Å². The molecule has 0 radical (unpaired) electrons. The molecule has 0 aliphatic carbocycles. The number of benzene rings is 2. The number of rotatable bonds is 3. The molecule has 0 saturated heterocycles. The van der Waals surface area contributed by atoms with Crippen molar-refractivity contribution in [3.05, 3.63) is 72.1 Å². The molecule has 3 N–H and O–H groups in total. The van der Waals surface area contributed by atoms with Crippen molar-refractivity contribution in [2.24, 2.45) is 7.05 Å². The molecule has 27 heavy (non-hydrogen) atoms. The van der Waals surface area contributed by atoms with Crippen molar-refractivity contribution in [1.82, 2.24) is 14.8 Å². The smallest absolute Gasteiger partial charge is 0.273 e. The Bertz CT molecular complexity index is 1160. The van der Waals surface area contributed by atoms with Gasteiger partial charge in [0.05, 0.1) is 11.2 Å². The van der Waals surface area contributed by atoms with Gasteiger partial charge >= 0.3 is 0 Å². The van der Waals surface area contributed by atoms with E-state index in [1.807, 2.05) is 55.5 Å². The third-order valence-corrected chi connectivity index (χ3v) is 4.54. The number of nitrogens with one attached hydrogen (secondary N) is 1. The minimum absolute atomic E-state index is 0.188. The van der Waals surface area contributed by atoms with Gasteiger partial charge in [-0.3, -0.25) is 9.48 Å². The number of pyridine rings is 1. The van der Waals surface area contributed by atoms with Crippen molar-refractivity contribution < 1.29 is 4.79 Å². The van der Waals surface area contributed by atoms with Gasteiger partial charge in [0.25, 0.3) is 5.91 Å². The molecule has 6 heteroatoms. The van der Waals surface area contributed by atoms with Crippen LogP contribution in [0.2, 0.25) is 0 Å². The van der Waals surface area contributed by atoms with Crippen LogP contribution in [0.25, 0.3) is 22.2 Å². The molecule has 0 aliphatic rings. The molecule has 2 aromatic carbocycles. The lowest BCUT2D eigenvalue weighted by atomic mass is 10.1. The van der Waals surface area contributed by atoms with Gasteiger partial charge in [-0.25, -0.2) is 4.98 Å². The molecule has 0 spiro atoms. The summed E-state index contributed by atoms with van der Waals surface area (Å²) in [7, 11) is 1.74. The van der Waals surface area contributed by atoms with Crippen LogP contribution < -0.4 is 11.1 Å². The second-order valence-electron chi connectivity index (χ2n) is 6.47. The fourth-order valence-corrected chi connectivity index (χ4v) is 3.05. The highest BCUT2D eigenvalue weighted by molar-refractivity contribution is 6.03. The van der Waals surface area contributed by atoms with E-state index in [0.29, 0.717) is 5.69 Å². The van der Waals surface area contributed by atoms with E-state index < -0.39 is 0 Å². The van der Waals surface area contributed by atoms with Gasteiger partial charge in [0.1, 0.15) is 5.69 Å². The molecule has 2 heterocycles. The van der Waals surface area contributed by atoms with Crippen LogP contribution in [-0.4, -0.2) is 20.7 Å². The van der Waals surface area contributed by atoms with Crippen LogP contribution in [0.5, 0.6) is 0 Å². The molecule has 0 bridgehead atoms. The molecule has 134 valence electrons. The van der Waals surface area contributed by atoms with E-state index in [1.165, 1.54) is 0 Å². The number of aryl methyl sites for hydroxylation is 2. The second-order valence-corrected chi connectivity index (χ2v) is 6.47. The Balaban J connectivity index is 1.62. The van der Waals surface area contributed by atoms with E-state index in [0.717, 1.165) is 39.1 Å². The zero-order valence-electron chi connectivity index (χ0n) is 15.1. The van der Waals surface area contributed by atoms with Gasteiger partial charge in [-0.1, -0.05) is 12.1 Å². The molecule has 4 aromatic rings. The summed E-state index contributed by atoms with van der Waals surface area (Å²) in [6.07, 6.45) is 1.60. The van der Waals surface area contributed by atoms with Crippen molar-refractivity contribution in [2.45, 2.75) is 6.92 Å². The lowest BCUT2D eigenvalue weighted by molar-refractivity contribution is 0.101. The summed E-state index contributed by atoms with van der Waals surface area (Å²) in [6.45, 7) is 1.96. The average molecular weight is 357 g/mol. The molecule has 4 rings (SSSR count). The normalized spacial score (nSPS) is 10.9. The van der Waals surface area contributed by atoms with Crippen molar-refractivity contribution in [1.29, 1.82) is 0 Å². The number of nitrogens with two attached hydrogens (primary N) is 1. The van der Waals surface area contributed by atoms with Crippen LogP contribution in [-0.2, 0) is 7.05 Å². The first kappa shape index (κ1) is 16.8. The van der Waals surface area contributed by atoms with Gasteiger partial charge in [-0.2, -0.15) is 5.10 Å². The highest BCUT2D eigenvalue weighted by Gasteiger charge is 2.12. The fourth-order valence-electron chi connectivity index (χ4n) is 3.05. The minimum Gasteiger partial charge on any atom is -0.399 e. The van der Waals surface area contributed by atoms with Crippen molar-refractivity contribution >= 4 is 28.2 Å². The zero-order valence-corrected chi connectivity index (χ0v) is 15.1. The summed E-state index contributed by atoms with van der Waals surface area (Å²) in [4.78, 5) is 17.1. The Morgan fingerprint density at radius 2 is 1.93 bits per heavy atom. The Morgan fingerprint density at radius 3 is 2.67 bits per heavy atom. The number of anilines is 2. The number of carbonyl (C=O) groups is 1. The number of carbonyl (C=O) groups excluding carboxylic acids is 1. The number of hydrogen-bond donors (Lipinski definition) is 2. The molecule has 0 atom stereocenters. The van der Waals surface area contributed by atoms with Crippen LogP contribution in [0.3, 0.4) is 0 Å². The number of fused-ring (bicyclic) bond motifs is 1. The minimum atomic E-state index is -0.188. The number of aromatic nitrogens is 3. The summed E-state index contributed by atoms with van der Waals surface area (Å²) in [5.74, 6) is -0.188. The van der Waals surface area contributed by atoms with Gasteiger partial charge in [-0.15, -0.1) is 0 Å². The molecule has 0 aliphatic heterocycles. The maximum absolute atomic E-state index is 12.4. The summed E-state index contributed by atoms with van der Waals surface area (Å²) >= 11 is 0. The first-order chi connectivity index (χ1) is 13.0. The predicted octanol–water partition coefficient (Wildman–Crippen LogP) is 3.78. The Hall–Kier alpha value is -3.67. The van der Waals surface area contributed by atoms with Gasteiger partial charge in [0, 0.05) is 35.6 Å². The van der Waals surface area contributed by atoms with E-state index in [1.54, 1.807) is 24.0 Å². The third-order valence-electron chi connectivity index (χ3n) is 4.54. The van der Waals surface area contributed by atoms with Crippen molar-refractivity contribution in [3.8, 4) is 11.3 Å². The number of nitrogen functional groups attached to an aromatic ring is 1.